The van der Waals surface area contributed by atoms with E-state index in [4.69, 9.17) is 0 Å². The van der Waals surface area contributed by atoms with Gasteiger partial charge in [0.25, 0.3) is 0 Å². The number of carbonyl (C=O) groups excluding carboxylic acids is 2. The molecule has 0 aromatic heterocycles. The number of hydrogen-bond donors (Lipinski definition) is 1. The van der Waals surface area contributed by atoms with Crippen LogP contribution in [0.5, 0.6) is 0 Å². The first-order valence-electron chi connectivity index (χ1n) is 10.9. The molecule has 0 spiro atoms. The van der Waals surface area contributed by atoms with Gasteiger partial charge in [0.1, 0.15) is 11.9 Å². The quantitative estimate of drug-likeness (QED) is 0.424. The average molecular weight is 511 g/mol. The van der Waals surface area contributed by atoms with Gasteiger partial charge in [-0.15, -0.1) is 0 Å². The maximum atomic E-state index is 14.3. The van der Waals surface area contributed by atoms with Gasteiger partial charge < -0.3 is 10.2 Å². The molecule has 0 radical (unpaired) electrons. The molecule has 0 saturated carbocycles. The number of halogens is 2. The molecule has 33 heavy (non-hydrogen) atoms. The summed E-state index contributed by atoms with van der Waals surface area (Å²) in [4.78, 5) is 28.4. The van der Waals surface area contributed by atoms with Gasteiger partial charge in [-0.3, -0.25) is 9.59 Å². The number of hydrogen-bond acceptors (Lipinski definition) is 2. The first-order chi connectivity index (χ1) is 15.8. The molecule has 1 N–H and O–H groups in total. The van der Waals surface area contributed by atoms with Crippen molar-refractivity contribution >= 4 is 27.7 Å². The Bertz CT molecular complexity index is 1090. The molecule has 1 atom stereocenters. The van der Waals surface area contributed by atoms with Gasteiger partial charge in [0.2, 0.25) is 11.8 Å². The van der Waals surface area contributed by atoms with Crippen molar-refractivity contribution < 1.29 is 14.0 Å². The Hall–Kier alpha value is -2.99. The molecule has 0 aliphatic rings. The van der Waals surface area contributed by atoms with Crippen LogP contribution in [0.1, 0.15) is 30.5 Å². The maximum Gasteiger partial charge on any atom is 0.243 e. The fourth-order valence-electron chi connectivity index (χ4n) is 3.67. The zero-order valence-electron chi connectivity index (χ0n) is 18.8. The fourth-order valence-corrected chi connectivity index (χ4v) is 4.12. The molecule has 3 rings (SSSR count). The third kappa shape index (κ3) is 7.26. The third-order valence-corrected chi connectivity index (χ3v) is 5.74. The van der Waals surface area contributed by atoms with Crippen molar-refractivity contribution in [3.63, 3.8) is 0 Å². The molecule has 6 heteroatoms. The summed E-state index contributed by atoms with van der Waals surface area (Å²) in [5, 5.41) is 2.95. The lowest BCUT2D eigenvalue weighted by Gasteiger charge is -2.32. The van der Waals surface area contributed by atoms with E-state index in [0.717, 1.165) is 15.6 Å². The number of rotatable bonds is 9. The van der Waals surface area contributed by atoms with E-state index in [0.29, 0.717) is 12.0 Å². The van der Waals surface area contributed by atoms with E-state index in [9.17, 15) is 14.0 Å². The first kappa shape index (κ1) is 24.6. The summed E-state index contributed by atoms with van der Waals surface area (Å²) in [5.74, 6) is -0.967. The molecule has 0 bridgehead atoms. The van der Waals surface area contributed by atoms with E-state index in [1.54, 1.807) is 23.1 Å². The van der Waals surface area contributed by atoms with Crippen LogP contribution in [0.2, 0.25) is 0 Å². The number of benzene rings is 3. The van der Waals surface area contributed by atoms with Gasteiger partial charge in [-0.2, -0.15) is 0 Å². The Labute approximate surface area is 202 Å². The van der Waals surface area contributed by atoms with Crippen LogP contribution in [-0.2, 0) is 29.0 Å². The second-order valence-corrected chi connectivity index (χ2v) is 9.20. The molecule has 2 amide bonds. The first-order valence-corrected chi connectivity index (χ1v) is 11.7. The molecule has 0 aliphatic carbocycles. The van der Waals surface area contributed by atoms with Crippen molar-refractivity contribution in [1.82, 2.24) is 10.2 Å². The summed E-state index contributed by atoms with van der Waals surface area (Å²) in [6, 6.07) is 22.7. The van der Waals surface area contributed by atoms with Gasteiger partial charge in [0, 0.05) is 23.5 Å². The van der Waals surface area contributed by atoms with Crippen molar-refractivity contribution in [2.75, 3.05) is 0 Å². The Morgan fingerprint density at radius 3 is 2.27 bits per heavy atom. The van der Waals surface area contributed by atoms with Crippen LogP contribution >= 0.6 is 15.9 Å². The average Bonchev–Trinajstić information content (AvgIpc) is 2.78. The summed E-state index contributed by atoms with van der Waals surface area (Å²) in [5.41, 5.74) is 2.13. The van der Waals surface area contributed by atoms with Crippen molar-refractivity contribution in [1.29, 1.82) is 0 Å². The highest BCUT2D eigenvalue weighted by Crippen LogP contribution is 2.19. The van der Waals surface area contributed by atoms with E-state index >= 15 is 0 Å². The smallest absolute Gasteiger partial charge is 0.243 e. The van der Waals surface area contributed by atoms with Crippen molar-refractivity contribution in [2.24, 2.45) is 0 Å². The second kappa shape index (κ2) is 11.8. The molecule has 0 aliphatic heterocycles. The predicted octanol–water partition coefficient (Wildman–Crippen LogP) is 5.30. The molecule has 0 saturated heterocycles. The summed E-state index contributed by atoms with van der Waals surface area (Å²) < 4.78 is 15.2. The standard InChI is InChI=1S/C27H28BrFN2O2/c1-19(2)30-27(33)25(16-20-9-4-3-5-10-20)31(18-21-11-8-13-23(28)15-21)26(32)17-22-12-6-7-14-24(22)29/h3-15,19,25H,16-18H2,1-2H3,(H,30,33)/t25-/m1/s1. The SMILES string of the molecule is CC(C)NC(=O)[C@@H](Cc1ccccc1)N(Cc1cccc(Br)c1)C(=O)Cc1ccccc1F. The van der Waals surface area contributed by atoms with Crippen LogP contribution in [0.15, 0.2) is 83.3 Å². The summed E-state index contributed by atoms with van der Waals surface area (Å²) >= 11 is 3.47. The lowest BCUT2D eigenvalue weighted by Crippen LogP contribution is -2.52. The Balaban J connectivity index is 1.98. The van der Waals surface area contributed by atoms with Gasteiger partial charge in [0.05, 0.1) is 6.42 Å². The minimum Gasteiger partial charge on any atom is -0.352 e. The van der Waals surface area contributed by atoms with Crippen molar-refractivity contribution in [3.8, 4) is 0 Å². The zero-order chi connectivity index (χ0) is 23.8. The largest absolute Gasteiger partial charge is 0.352 e. The van der Waals surface area contributed by atoms with Crippen LogP contribution in [0, 0.1) is 5.82 Å². The van der Waals surface area contributed by atoms with E-state index in [1.807, 2.05) is 68.4 Å². The highest BCUT2D eigenvalue weighted by atomic mass is 79.9. The molecule has 0 unspecified atom stereocenters. The van der Waals surface area contributed by atoms with Crippen LogP contribution in [-0.4, -0.2) is 28.8 Å². The van der Waals surface area contributed by atoms with Gasteiger partial charge in [-0.1, -0.05) is 76.6 Å². The summed E-state index contributed by atoms with van der Waals surface area (Å²) in [6.07, 6.45) is 0.233. The third-order valence-electron chi connectivity index (χ3n) is 5.24. The van der Waals surface area contributed by atoms with Gasteiger partial charge >= 0.3 is 0 Å². The van der Waals surface area contributed by atoms with E-state index < -0.39 is 11.9 Å². The van der Waals surface area contributed by atoms with Crippen molar-refractivity contribution in [2.45, 2.75) is 45.3 Å². The zero-order valence-corrected chi connectivity index (χ0v) is 20.4. The van der Waals surface area contributed by atoms with Crippen LogP contribution in [0.4, 0.5) is 4.39 Å². The minimum atomic E-state index is -0.743. The minimum absolute atomic E-state index is 0.0786. The number of nitrogens with zero attached hydrogens (tertiary/aromatic N) is 1. The lowest BCUT2D eigenvalue weighted by atomic mass is 10.0. The molecule has 3 aromatic rings. The molecule has 0 heterocycles. The van der Waals surface area contributed by atoms with E-state index in [-0.39, 0.29) is 30.8 Å². The van der Waals surface area contributed by atoms with Gasteiger partial charge in [-0.25, -0.2) is 4.39 Å². The second-order valence-electron chi connectivity index (χ2n) is 8.29. The number of carbonyl (C=O) groups is 2. The number of amides is 2. The summed E-state index contributed by atoms with van der Waals surface area (Å²) in [7, 11) is 0. The van der Waals surface area contributed by atoms with Crippen molar-refractivity contribution in [3.05, 3.63) is 106 Å². The topological polar surface area (TPSA) is 49.4 Å². The van der Waals surface area contributed by atoms with E-state index in [2.05, 4.69) is 21.2 Å². The Morgan fingerprint density at radius 2 is 1.61 bits per heavy atom. The fraction of sp³-hybridized carbons (Fsp3) is 0.259. The molecular weight excluding hydrogens is 483 g/mol. The molecular formula is C27H28BrFN2O2. The monoisotopic (exact) mass is 510 g/mol. The normalized spacial score (nSPS) is 11.8. The predicted molar refractivity (Wildman–Crippen MR) is 132 cm³/mol. The summed E-state index contributed by atoms with van der Waals surface area (Å²) in [6.45, 7) is 4.00. The molecule has 3 aromatic carbocycles. The Morgan fingerprint density at radius 1 is 0.939 bits per heavy atom. The van der Waals surface area contributed by atoms with Crippen LogP contribution in [0.25, 0.3) is 0 Å². The van der Waals surface area contributed by atoms with Gasteiger partial charge in [0.15, 0.2) is 0 Å². The maximum absolute atomic E-state index is 14.3. The van der Waals surface area contributed by atoms with Gasteiger partial charge in [-0.05, 0) is 48.7 Å². The highest BCUT2D eigenvalue weighted by molar-refractivity contribution is 9.10. The molecule has 4 nitrogen and oxygen atoms in total. The van der Waals surface area contributed by atoms with Crippen LogP contribution in [0.3, 0.4) is 0 Å². The number of nitrogens with one attached hydrogen (secondary N) is 1. The molecule has 172 valence electrons. The Kier molecular flexibility index (Phi) is 8.78. The lowest BCUT2D eigenvalue weighted by molar-refractivity contribution is -0.141. The van der Waals surface area contributed by atoms with Crippen LogP contribution < -0.4 is 5.32 Å². The molecule has 0 fully saturated rings. The van der Waals surface area contributed by atoms with E-state index in [1.165, 1.54) is 6.07 Å². The highest BCUT2D eigenvalue weighted by Gasteiger charge is 2.31.